The largest absolute Gasteiger partial charge is 0.472 e. The van der Waals surface area contributed by atoms with Gasteiger partial charge in [0.25, 0.3) is 0 Å². The van der Waals surface area contributed by atoms with Gasteiger partial charge in [0.15, 0.2) is 12.2 Å². The van der Waals surface area contributed by atoms with Gasteiger partial charge in [0, 0.05) is 25.7 Å². The van der Waals surface area contributed by atoms with Crippen molar-refractivity contribution >= 4 is 39.5 Å². The Hall–Kier alpha value is -3.76. The van der Waals surface area contributed by atoms with Crippen LogP contribution in [0.25, 0.3) is 0 Å². The predicted molar refractivity (Wildman–Crippen MR) is 399 cm³/mol. The van der Waals surface area contributed by atoms with Gasteiger partial charge in [-0.1, -0.05) is 254 Å². The number of unbranched alkanes of at least 4 members (excludes halogenated alkanes) is 33. The van der Waals surface area contributed by atoms with Crippen molar-refractivity contribution in [2.45, 2.75) is 354 Å². The van der Waals surface area contributed by atoms with Gasteiger partial charge in [-0.25, -0.2) is 9.13 Å². The van der Waals surface area contributed by atoms with Crippen LogP contribution in [-0.4, -0.2) is 96.7 Å². The maximum Gasteiger partial charge on any atom is 0.472 e. The summed E-state index contributed by atoms with van der Waals surface area (Å²) in [5.41, 5.74) is 0. The summed E-state index contributed by atoms with van der Waals surface area (Å²) in [6, 6.07) is 0. The fraction of sp³-hybridized carbons (Fsp3) is 0.772. The monoisotopic (exact) mass is 1420 g/mol. The molecule has 0 aromatic carbocycles. The maximum absolute atomic E-state index is 13.1. The summed E-state index contributed by atoms with van der Waals surface area (Å²) < 4.78 is 68.4. The Morgan fingerprint density at radius 1 is 0.286 bits per heavy atom. The van der Waals surface area contributed by atoms with Crippen molar-refractivity contribution in [1.29, 1.82) is 0 Å². The summed E-state index contributed by atoms with van der Waals surface area (Å²) in [5.74, 6) is -2.25. The number of aliphatic hydroxyl groups excluding tert-OH is 1. The molecule has 0 aliphatic heterocycles. The number of carbonyl (C=O) groups excluding carboxylic acids is 4. The molecule has 19 heteroatoms. The van der Waals surface area contributed by atoms with Gasteiger partial charge >= 0.3 is 39.5 Å². The van der Waals surface area contributed by atoms with Crippen LogP contribution in [0.4, 0.5) is 0 Å². The second-order valence-corrected chi connectivity index (χ2v) is 28.8. The molecule has 0 heterocycles. The van der Waals surface area contributed by atoms with Gasteiger partial charge in [0.1, 0.15) is 19.3 Å². The highest BCUT2D eigenvalue weighted by Crippen LogP contribution is 2.45. The number of aliphatic hydroxyl groups is 1. The third kappa shape index (κ3) is 70.7. The topological polar surface area (TPSA) is 237 Å². The Morgan fingerprint density at radius 2 is 0.510 bits per heavy atom. The Bertz CT molecular complexity index is 2190. The van der Waals surface area contributed by atoms with Gasteiger partial charge in [-0.05, 0) is 141 Å². The predicted octanol–water partition coefficient (Wildman–Crippen LogP) is 22.2. The summed E-state index contributed by atoms with van der Waals surface area (Å²) >= 11 is 0. The summed E-state index contributed by atoms with van der Waals surface area (Å²) in [7, 11) is -9.96. The number of phosphoric ester groups is 2. The van der Waals surface area contributed by atoms with Crippen molar-refractivity contribution in [3.63, 3.8) is 0 Å². The molecule has 0 saturated carbocycles. The zero-order chi connectivity index (χ0) is 71.8. The van der Waals surface area contributed by atoms with E-state index in [-0.39, 0.29) is 25.7 Å². The lowest BCUT2D eigenvalue weighted by Gasteiger charge is -2.21. The number of hydrogen-bond acceptors (Lipinski definition) is 15. The van der Waals surface area contributed by atoms with Gasteiger partial charge in [0.05, 0.1) is 26.4 Å². The molecular formula is C79H140O17P2. The van der Waals surface area contributed by atoms with Crippen molar-refractivity contribution in [2.75, 3.05) is 39.6 Å². The molecule has 0 aliphatic rings. The zero-order valence-electron chi connectivity index (χ0n) is 62.0. The van der Waals surface area contributed by atoms with E-state index in [0.717, 1.165) is 141 Å². The fourth-order valence-corrected chi connectivity index (χ4v) is 11.9. The molecule has 98 heavy (non-hydrogen) atoms. The molecule has 0 saturated heterocycles. The summed E-state index contributed by atoms with van der Waals surface area (Å²) in [6.07, 6.45) is 72.9. The molecule has 0 bridgehead atoms. The third-order valence-electron chi connectivity index (χ3n) is 16.3. The van der Waals surface area contributed by atoms with Crippen LogP contribution in [0.15, 0.2) is 85.1 Å². The van der Waals surface area contributed by atoms with E-state index < -0.39 is 97.5 Å². The SMILES string of the molecule is CCCCC/C=C\C/C=C\C/C=C\C/C=C\CCCC(=O)OC[C@H](COP(=O)(O)OC[C@@H](O)COP(=O)(O)OC[C@@H](COC(=O)CCCCCCC/C=C\CCCCCC)OC(=O)CCCCCCC/C=C\CCCCCCCC)OC(=O)CCCCCCC/C=C\CCCCCC. The standard InChI is InChI=1S/C79H140O17P2/c1-5-9-13-17-21-25-29-33-35-36-38-41-44-48-52-56-60-64-77(82)90-70-74(95-78(83)65-61-57-53-49-45-40-32-28-24-20-16-12-8-4)71-93-97(85,86)91-67-73(80)68-92-98(87,88)94-72-75(69-89-76(81)63-59-55-51-47-43-39-31-27-23-19-15-11-7-3)96-79(84)66-62-58-54-50-46-42-37-34-30-26-22-18-14-10-6-2/h21,25,27-28,31-35,37-38,41,48,52,73-75,80H,5-20,22-24,26,29-30,36,39-40,42-47,49-51,53-72H2,1-4H3,(H,85,86)(H,87,88)/b25-21-,31-27-,32-28-,35-33-,37-34-,41-38-,52-48-/t73-,74-,75-/m1/s1. The maximum atomic E-state index is 13.1. The molecule has 0 radical (unpaired) electrons. The smallest absolute Gasteiger partial charge is 0.462 e. The van der Waals surface area contributed by atoms with E-state index in [1.165, 1.54) is 109 Å². The van der Waals surface area contributed by atoms with Crippen molar-refractivity contribution < 1.29 is 80.2 Å². The molecule has 3 N–H and O–H groups in total. The second kappa shape index (κ2) is 71.6. The Balaban J connectivity index is 5.39. The van der Waals surface area contributed by atoms with Gasteiger partial charge in [-0.2, -0.15) is 0 Å². The van der Waals surface area contributed by atoms with E-state index in [0.29, 0.717) is 32.1 Å². The quantitative estimate of drug-likeness (QED) is 0.0169. The Kier molecular flexibility index (Phi) is 68.9. The minimum Gasteiger partial charge on any atom is -0.462 e. The first-order chi connectivity index (χ1) is 47.7. The van der Waals surface area contributed by atoms with E-state index in [4.69, 9.17) is 37.0 Å². The first-order valence-electron chi connectivity index (χ1n) is 38.8. The molecule has 568 valence electrons. The number of ether oxygens (including phenoxy) is 4. The number of rotatable bonds is 73. The van der Waals surface area contributed by atoms with E-state index >= 15 is 0 Å². The molecule has 0 amide bonds. The van der Waals surface area contributed by atoms with Crippen molar-refractivity contribution in [1.82, 2.24) is 0 Å². The molecule has 5 atom stereocenters. The van der Waals surface area contributed by atoms with Crippen LogP contribution in [0, 0.1) is 0 Å². The lowest BCUT2D eigenvalue weighted by Crippen LogP contribution is -2.30. The molecular weight excluding hydrogens is 1280 g/mol. The third-order valence-corrected chi connectivity index (χ3v) is 18.2. The average molecular weight is 1420 g/mol. The fourth-order valence-electron chi connectivity index (χ4n) is 10.3. The highest BCUT2D eigenvalue weighted by molar-refractivity contribution is 7.47. The molecule has 0 fully saturated rings. The minimum absolute atomic E-state index is 0.0741. The van der Waals surface area contributed by atoms with E-state index in [1.54, 1.807) is 0 Å². The average Bonchev–Trinajstić information content (AvgIpc) is 0.962. The molecule has 0 spiro atoms. The van der Waals surface area contributed by atoms with E-state index in [2.05, 4.69) is 101 Å². The Labute approximate surface area is 595 Å². The van der Waals surface area contributed by atoms with Crippen LogP contribution in [-0.2, 0) is 65.4 Å². The molecule has 2 unspecified atom stereocenters. The molecule has 0 aliphatic carbocycles. The van der Waals surface area contributed by atoms with Crippen LogP contribution < -0.4 is 0 Å². The lowest BCUT2D eigenvalue weighted by molar-refractivity contribution is -0.161. The van der Waals surface area contributed by atoms with Crippen LogP contribution >= 0.6 is 15.6 Å². The highest BCUT2D eigenvalue weighted by atomic mass is 31.2. The van der Waals surface area contributed by atoms with Crippen LogP contribution in [0.5, 0.6) is 0 Å². The van der Waals surface area contributed by atoms with Gasteiger partial charge in [-0.15, -0.1) is 0 Å². The van der Waals surface area contributed by atoms with Gasteiger partial charge in [-0.3, -0.25) is 37.3 Å². The summed E-state index contributed by atoms with van der Waals surface area (Å²) in [6.45, 7) is 4.75. The lowest BCUT2D eigenvalue weighted by atomic mass is 10.1. The van der Waals surface area contributed by atoms with E-state index in [9.17, 15) is 43.2 Å². The zero-order valence-corrected chi connectivity index (χ0v) is 63.7. The number of phosphoric acid groups is 2. The molecule has 0 aromatic heterocycles. The van der Waals surface area contributed by atoms with Gasteiger partial charge in [0.2, 0.25) is 0 Å². The number of hydrogen-bond donors (Lipinski definition) is 3. The van der Waals surface area contributed by atoms with Gasteiger partial charge < -0.3 is 33.8 Å². The number of allylic oxidation sites excluding steroid dienone is 14. The molecule has 17 nitrogen and oxygen atoms in total. The molecule has 0 aromatic rings. The summed E-state index contributed by atoms with van der Waals surface area (Å²) in [5, 5.41) is 10.6. The minimum atomic E-state index is -4.98. The van der Waals surface area contributed by atoms with Crippen molar-refractivity contribution in [3.05, 3.63) is 85.1 Å². The number of carbonyl (C=O) groups is 4. The Morgan fingerprint density at radius 3 is 0.847 bits per heavy atom. The normalized spacial score (nSPS) is 14.4. The second-order valence-electron chi connectivity index (χ2n) is 25.9. The summed E-state index contributed by atoms with van der Waals surface area (Å²) in [4.78, 5) is 72.8. The highest BCUT2D eigenvalue weighted by Gasteiger charge is 2.30. The molecule has 0 rings (SSSR count). The number of esters is 4. The van der Waals surface area contributed by atoms with Crippen LogP contribution in [0.2, 0.25) is 0 Å². The van der Waals surface area contributed by atoms with Crippen molar-refractivity contribution in [2.24, 2.45) is 0 Å². The first-order valence-corrected chi connectivity index (χ1v) is 41.8. The van der Waals surface area contributed by atoms with Crippen LogP contribution in [0.3, 0.4) is 0 Å². The van der Waals surface area contributed by atoms with E-state index in [1.807, 2.05) is 12.2 Å². The van der Waals surface area contributed by atoms with Crippen LogP contribution in [0.1, 0.15) is 336 Å². The first kappa shape index (κ1) is 94.2. The van der Waals surface area contributed by atoms with Crippen molar-refractivity contribution in [3.8, 4) is 0 Å².